The van der Waals surface area contributed by atoms with Crippen LogP contribution in [-0.2, 0) is 0 Å². The van der Waals surface area contributed by atoms with Crippen LogP contribution in [0.4, 0.5) is 4.39 Å². The lowest BCUT2D eigenvalue weighted by Gasteiger charge is -2.07. The molecule has 1 unspecified atom stereocenters. The quantitative estimate of drug-likeness (QED) is 0.881. The van der Waals surface area contributed by atoms with Gasteiger partial charge in [0.1, 0.15) is 0 Å². The molecule has 6 heteroatoms. The van der Waals surface area contributed by atoms with E-state index < -0.39 is 5.82 Å². The standard InChI is InChI=1S/C14H18FN3O2/c1-4-7-16-9(2)13-17-18-14(20-13)10-5-6-11(15)12(8-10)19-3/h5-6,8-9,16H,4,7H2,1-3H3. The first kappa shape index (κ1) is 14.5. The lowest BCUT2D eigenvalue weighted by atomic mass is 10.2. The summed E-state index contributed by atoms with van der Waals surface area (Å²) >= 11 is 0. The zero-order valence-corrected chi connectivity index (χ0v) is 11.8. The maximum absolute atomic E-state index is 13.4. The lowest BCUT2D eigenvalue weighted by Crippen LogP contribution is -2.19. The number of rotatable bonds is 6. The first-order chi connectivity index (χ1) is 9.65. The minimum Gasteiger partial charge on any atom is -0.494 e. The van der Waals surface area contributed by atoms with E-state index in [4.69, 9.17) is 9.15 Å². The third-order valence-corrected chi connectivity index (χ3v) is 2.91. The average Bonchev–Trinajstić information content (AvgIpc) is 2.95. The summed E-state index contributed by atoms with van der Waals surface area (Å²) in [6.45, 7) is 4.92. The maximum Gasteiger partial charge on any atom is 0.247 e. The lowest BCUT2D eigenvalue weighted by molar-refractivity contribution is 0.386. The first-order valence-electron chi connectivity index (χ1n) is 6.56. The van der Waals surface area contributed by atoms with Crippen LogP contribution in [0.1, 0.15) is 32.2 Å². The molecule has 1 heterocycles. The molecule has 1 aromatic heterocycles. The molecule has 20 heavy (non-hydrogen) atoms. The molecule has 0 bridgehead atoms. The van der Waals surface area contributed by atoms with Crippen LogP contribution in [0.3, 0.4) is 0 Å². The molecule has 0 radical (unpaired) electrons. The SMILES string of the molecule is CCCNC(C)c1nnc(-c2ccc(F)c(OC)c2)o1. The number of methoxy groups -OCH3 is 1. The molecule has 1 atom stereocenters. The number of hydrogen-bond donors (Lipinski definition) is 1. The van der Waals surface area contributed by atoms with Gasteiger partial charge >= 0.3 is 0 Å². The first-order valence-corrected chi connectivity index (χ1v) is 6.56. The summed E-state index contributed by atoms with van der Waals surface area (Å²) in [6.07, 6.45) is 1.03. The van der Waals surface area contributed by atoms with Crippen molar-refractivity contribution < 1.29 is 13.5 Å². The normalized spacial score (nSPS) is 12.4. The second-order valence-electron chi connectivity index (χ2n) is 4.47. The maximum atomic E-state index is 13.4. The molecule has 0 saturated heterocycles. The Morgan fingerprint density at radius 1 is 1.40 bits per heavy atom. The molecule has 5 nitrogen and oxygen atoms in total. The van der Waals surface area contributed by atoms with E-state index in [9.17, 15) is 4.39 Å². The molecule has 0 aliphatic heterocycles. The van der Waals surface area contributed by atoms with Gasteiger partial charge in [0.15, 0.2) is 11.6 Å². The van der Waals surface area contributed by atoms with Gasteiger partial charge in [-0.15, -0.1) is 10.2 Å². The number of aromatic nitrogens is 2. The van der Waals surface area contributed by atoms with E-state index in [0.29, 0.717) is 17.3 Å². The molecule has 1 aromatic carbocycles. The fraction of sp³-hybridized carbons (Fsp3) is 0.429. The molecule has 0 aliphatic carbocycles. The topological polar surface area (TPSA) is 60.2 Å². The summed E-state index contributed by atoms with van der Waals surface area (Å²) in [5.41, 5.74) is 0.629. The molecule has 2 aromatic rings. The van der Waals surface area contributed by atoms with Crippen LogP contribution in [0.2, 0.25) is 0 Å². The van der Waals surface area contributed by atoms with E-state index in [2.05, 4.69) is 22.4 Å². The molecule has 108 valence electrons. The summed E-state index contributed by atoms with van der Waals surface area (Å²) in [4.78, 5) is 0. The van der Waals surface area contributed by atoms with Crippen LogP contribution in [-0.4, -0.2) is 23.9 Å². The van der Waals surface area contributed by atoms with Crippen molar-refractivity contribution in [3.05, 3.63) is 29.9 Å². The van der Waals surface area contributed by atoms with Crippen molar-refractivity contribution in [3.8, 4) is 17.2 Å². The fourth-order valence-electron chi connectivity index (χ4n) is 1.77. The van der Waals surface area contributed by atoms with Crippen molar-refractivity contribution in [2.45, 2.75) is 26.3 Å². The molecule has 0 fully saturated rings. The highest BCUT2D eigenvalue weighted by molar-refractivity contribution is 5.55. The minimum atomic E-state index is -0.422. The van der Waals surface area contributed by atoms with Gasteiger partial charge in [0.05, 0.1) is 13.2 Å². The summed E-state index contributed by atoms with van der Waals surface area (Å²) in [6, 6.07) is 4.42. The van der Waals surface area contributed by atoms with E-state index in [1.807, 2.05) is 6.92 Å². The van der Waals surface area contributed by atoms with Gasteiger partial charge in [-0.3, -0.25) is 0 Å². The Morgan fingerprint density at radius 2 is 2.20 bits per heavy atom. The fourth-order valence-corrected chi connectivity index (χ4v) is 1.77. The Labute approximate surface area is 117 Å². The van der Waals surface area contributed by atoms with Crippen molar-refractivity contribution in [1.82, 2.24) is 15.5 Å². The number of benzene rings is 1. The molecule has 0 amide bonds. The third kappa shape index (κ3) is 3.14. The summed E-state index contributed by atoms with van der Waals surface area (Å²) in [7, 11) is 1.41. The van der Waals surface area contributed by atoms with E-state index in [1.165, 1.54) is 19.2 Å². The van der Waals surface area contributed by atoms with Gasteiger partial charge in [-0.25, -0.2) is 4.39 Å². The van der Waals surface area contributed by atoms with Crippen molar-refractivity contribution in [2.24, 2.45) is 0 Å². The highest BCUT2D eigenvalue weighted by Crippen LogP contribution is 2.26. The summed E-state index contributed by atoms with van der Waals surface area (Å²) in [5.74, 6) is 0.591. The molecule has 0 aliphatic rings. The van der Waals surface area contributed by atoms with Crippen LogP contribution in [0.5, 0.6) is 5.75 Å². The summed E-state index contributed by atoms with van der Waals surface area (Å²) < 4.78 is 23.9. The molecule has 2 rings (SSSR count). The van der Waals surface area contributed by atoms with Crippen molar-refractivity contribution in [3.63, 3.8) is 0 Å². The van der Waals surface area contributed by atoms with E-state index >= 15 is 0 Å². The van der Waals surface area contributed by atoms with Crippen molar-refractivity contribution >= 4 is 0 Å². The van der Waals surface area contributed by atoms with Crippen LogP contribution >= 0.6 is 0 Å². The molecule has 1 N–H and O–H groups in total. The predicted octanol–water partition coefficient (Wildman–Crippen LogP) is 2.94. The van der Waals surface area contributed by atoms with Gasteiger partial charge in [0.25, 0.3) is 0 Å². The Morgan fingerprint density at radius 3 is 2.90 bits per heavy atom. The Kier molecular flexibility index (Phi) is 4.68. The molecule has 0 spiro atoms. The monoisotopic (exact) mass is 279 g/mol. The van der Waals surface area contributed by atoms with E-state index in [-0.39, 0.29) is 11.8 Å². The predicted molar refractivity (Wildman–Crippen MR) is 73.0 cm³/mol. The number of nitrogens with zero attached hydrogens (tertiary/aromatic N) is 2. The second kappa shape index (κ2) is 6.47. The van der Waals surface area contributed by atoms with E-state index in [1.54, 1.807) is 6.07 Å². The third-order valence-electron chi connectivity index (χ3n) is 2.91. The smallest absolute Gasteiger partial charge is 0.247 e. The van der Waals surface area contributed by atoms with Gasteiger partial charge in [-0.1, -0.05) is 6.92 Å². The van der Waals surface area contributed by atoms with Crippen LogP contribution < -0.4 is 10.1 Å². The zero-order valence-electron chi connectivity index (χ0n) is 11.8. The second-order valence-corrected chi connectivity index (χ2v) is 4.47. The number of halogens is 1. The minimum absolute atomic E-state index is 0.0152. The number of ether oxygens (including phenoxy) is 1. The van der Waals surface area contributed by atoms with Gasteiger partial charge in [0, 0.05) is 5.56 Å². The molecular weight excluding hydrogens is 261 g/mol. The molecular formula is C14H18FN3O2. The van der Waals surface area contributed by atoms with Crippen molar-refractivity contribution in [2.75, 3.05) is 13.7 Å². The largest absolute Gasteiger partial charge is 0.494 e. The van der Waals surface area contributed by atoms with Gasteiger partial charge in [-0.05, 0) is 38.1 Å². The van der Waals surface area contributed by atoms with Gasteiger partial charge in [0.2, 0.25) is 11.8 Å². The van der Waals surface area contributed by atoms with Crippen LogP contribution in [0.25, 0.3) is 11.5 Å². The number of nitrogens with one attached hydrogen (secondary N) is 1. The molecule has 0 saturated carbocycles. The Balaban J connectivity index is 2.20. The average molecular weight is 279 g/mol. The van der Waals surface area contributed by atoms with Crippen LogP contribution in [0.15, 0.2) is 22.6 Å². The zero-order chi connectivity index (χ0) is 14.5. The van der Waals surface area contributed by atoms with Crippen LogP contribution in [0, 0.1) is 5.82 Å². The highest BCUT2D eigenvalue weighted by atomic mass is 19.1. The van der Waals surface area contributed by atoms with E-state index in [0.717, 1.165) is 13.0 Å². The Bertz CT molecular complexity index is 571. The van der Waals surface area contributed by atoms with Gasteiger partial charge < -0.3 is 14.5 Å². The Hall–Kier alpha value is -1.95. The van der Waals surface area contributed by atoms with Gasteiger partial charge in [-0.2, -0.15) is 0 Å². The van der Waals surface area contributed by atoms with Crippen molar-refractivity contribution in [1.29, 1.82) is 0 Å². The highest BCUT2D eigenvalue weighted by Gasteiger charge is 2.15. The number of hydrogen-bond acceptors (Lipinski definition) is 5. The summed E-state index contributed by atoms with van der Waals surface area (Å²) in [5, 5.41) is 11.3.